The van der Waals surface area contributed by atoms with E-state index in [2.05, 4.69) is 5.32 Å². The number of amides is 2. The molecule has 2 rings (SSSR count). The van der Waals surface area contributed by atoms with Crippen LogP contribution in [0.15, 0.2) is 29.2 Å². The summed E-state index contributed by atoms with van der Waals surface area (Å²) in [5, 5.41) is 19.7. The minimum Gasteiger partial charge on any atom is -0.465 e. The van der Waals surface area contributed by atoms with E-state index in [4.69, 9.17) is 16.9 Å². The predicted octanol–water partition coefficient (Wildman–Crippen LogP) is 1.65. The van der Waals surface area contributed by atoms with Crippen LogP contribution in [0.2, 0.25) is 5.02 Å². The van der Waals surface area contributed by atoms with E-state index in [1.807, 2.05) is 6.07 Å². The smallest absolute Gasteiger partial charge is 0.408 e. The largest absolute Gasteiger partial charge is 0.465 e. The van der Waals surface area contributed by atoms with Crippen LogP contribution >= 0.6 is 11.6 Å². The normalized spacial score (nSPS) is 20.5. The molecule has 2 atom stereocenters. The van der Waals surface area contributed by atoms with Crippen molar-refractivity contribution < 1.29 is 23.1 Å². The zero-order valence-corrected chi connectivity index (χ0v) is 15.7. The summed E-state index contributed by atoms with van der Waals surface area (Å²) in [6, 6.07) is 6.54. The number of sulfone groups is 1. The maximum Gasteiger partial charge on any atom is 0.408 e. The van der Waals surface area contributed by atoms with Gasteiger partial charge in [-0.3, -0.25) is 9.69 Å². The first kappa shape index (κ1) is 20.0. The second kappa shape index (κ2) is 7.13. The summed E-state index contributed by atoms with van der Waals surface area (Å²) in [6.45, 7) is 2.57. The van der Waals surface area contributed by atoms with Crippen molar-refractivity contribution in [3.05, 3.63) is 29.3 Å². The van der Waals surface area contributed by atoms with E-state index in [1.54, 1.807) is 6.07 Å². The minimum atomic E-state index is -3.93. The lowest BCUT2D eigenvalue weighted by atomic mass is 10.1. The van der Waals surface area contributed by atoms with Crippen molar-refractivity contribution in [2.75, 3.05) is 6.54 Å². The zero-order chi connectivity index (χ0) is 19.7. The van der Waals surface area contributed by atoms with Crippen molar-refractivity contribution >= 4 is 33.4 Å². The van der Waals surface area contributed by atoms with Crippen LogP contribution in [0.4, 0.5) is 4.79 Å². The van der Waals surface area contributed by atoms with Gasteiger partial charge in [0.1, 0.15) is 11.6 Å². The Hall–Kier alpha value is -2.31. The molecule has 0 saturated carbocycles. The number of rotatable bonds is 4. The highest BCUT2D eigenvalue weighted by molar-refractivity contribution is 7.92. The lowest BCUT2D eigenvalue weighted by Crippen LogP contribution is -2.51. The fourth-order valence-electron chi connectivity index (χ4n) is 2.76. The molecule has 0 aromatic heterocycles. The van der Waals surface area contributed by atoms with E-state index in [-0.39, 0.29) is 22.9 Å². The van der Waals surface area contributed by atoms with E-state index < -0.39 is 38.7 Å². The van der Waals surface area contributed by atoms with E-state index in [1.165, 1.54) is 32.0 Å². The van der Waals surface area contributed by atoms with Gasteiger partial charge in [-0.25, -0.2) is 13.2 Å². The van der Waals surface area contributed by atoms with Crippen LogP contribution in [-0.2, 0) is 14.6 Å². The summed E-state index contributed by atoms with van der Waals surface area (Å²) in [5.74, 6) is -0.712. The van der Waals surface area contributed by atoms with Crippen molar-refractivity contribution in [2.45, 2.75) is 42.0 Å². The molecule has 8 nitrogen and oxygen atoms in total. The minimum absolute atomic E-state index is 0.0351. The average Bonchev–Trinajstić information content (AvgIpc) is 3.01. The third-order valence-electron chi connectivity index (χ3n) is 4.11. The Bertz CT molecular complexity index is 878. The first-order valence-corrected chi connectivity index (χ1v) is 9.63. The van der Waals surface area contributed by atoms with Gasteiger partial charge in [0.15, 0.2) is 9.84 Å². The number of halogens is 1. The topological polar surface area (TPSA) is 128 Å². The van der Waals surface area contributed by atoms with Crippen LogP contribution in [0, 0.1) is 11.3 Å². The molecule has 0 spiro atoms. The molecule has 10 heteroatoms. The van der Waals surface area contributed by atoms with E-state index in [0.29, 0.717) is 0 Å². The number of carboxylic acid groups (broad SMARTS) is 1. The standard InChI is InChI=1S/C16H18ClN3O5S/c1-16(2,9-18)19-14(21)12-7-10(8-20(12)15(22)23)26(24,25)13-6-4-3-5-11(13)17/h3-6,10,12H,7-8H2,1-2H3,(H,19,21)(H,22,23)/t10-,12+/m1/s1. The van der Waals surface area contributed by atoms with Gasteiger partial charge in [0.2, 0.25) is 5.91 Å². The zero-order valence-electron chi connectivity index (χ0n) is 14.1. The van der Waals surface area contributed by atoms with Crippen molar-refractivity contribution in [3.63, 3.8) is 0 Å². The Morgan fingerprint density at radius 1 is 1.38 bits per heavy atom. The van der Waals surface area contributed by atoms with Gasteiger partial charge < -0.3 is 10.4 Å². The Morgan fingerprint density at radius 2 is 2.00 bits per heavy atom. The van der Waals surface area contributed by atoms with E-state index in [0.717, 1.165) is 4.90 Å². The van der Waals surface area contributed by atoms with Gasteiger partial charge in [0.05, 0.1) is 21.2 Å². The van der Waals surface area contributed by atoms with Crippen molar-refractivity contribution in [3.8, 4) is 6.07 Å². The van der Waals surface area contributed by atoms with Gasteiger partial charge in [-0.05, 0) is 32.4 Å². The summed E-state index contributed by atoms with van der Waals surface area (Å²) in [4.78, 5) is 24.6. The summed E-state index contributed by atoms with van der Waals surface area (Å²) in [6.07, 6.45) is -1.62. The molecule has 1 saturated heterocycles. The second-order valence-electron chi connectivity index (χ2n) is 6.51. The van der Waals surface area contributed by atoms with E-state index in [9.17, 15) is 23.1 Å². The molecule has 1 aromatic rings. The SMILES string of the molecule is CC(C)(C#N)NC(=O)[C@@H]1C[C@@H](S(=O)(=O)c2ccccc2Cl)CN1C(=O)O. The van der Waals surface area contributed by atoms with Gasteiger partial charge in [0.25, 0.3) is 0 Å². The highest BCUT2D eigenvalue weighted by atomic mass is 35.5. The van der Waals surface area contributed by atoms with Gasteiger partial charge >= 0.3 is 6.09 Å². The third kappa shape index (κ3) is 3.92. The molecule has 140 valence electrons. The maximum absolute atomic E-state index is 12.8. The molecule has 1 aliphatic rings. The molecule has 1 aromatic carbocycles. The molecule has 2 N–H and O–H groups in total. The molecule has 1 heterocycles. The van der Waals surface area contributed by atoms with Crippen LogP contribution in [0.25, 0.3) is 0 Å². The number of hydrogen-bond donors (Lipinski definition) is 2. The van der Waals surface area contributed by atoms with Crippen LogP contribution in [0.3, 0.4) is 0 Å². The molecule has 2 amide bonds. The summed E-state index contributed by atoms with van der Waals surface area (Å²) >= 11 is 5.97. The lowest BCUT2D eigenvalue weighted by Gasteiger charge is -2.24. The summed E-state index contributed by atoms with van der Waals surface area (Å²) in [5.41, 5.74) is -1.21. The monoisotopic (exact) mass is 399 g/mol. The van der Waals surface area contributed by atoms with Crippen molar-refractivity contribution in [2.24, 2.45) is 0 Å². The molecule has 26 heavy (non-hydrogen) atoms. The van der Waals surface area contributed by atoms with Crippen LogP contribution in [0.5, 0.6) is 0 Å². The Balaban J connectivity index is 2.32. The number of benzene rings is 1. The van der Waals surface area contributed by atoms with Crippen LogP contribution in [-0.4, -0.2) is 53.8 Å². The van der Waals surface area contributed by atoms with Gasteiger partial charge in [0, 0.05) is 6.54 Å². The number of hydrogen-bond acceptors (Lipinski definition) is 5. The number of nitriles is 1. The summed E-state index contributed by atoms with van der Waals surface area (Å²) < 4.78 is 25.7. The van der Waals surface area contributed by atoms with E-state index >= 15 is 0 Å². The number of nitrogens with one attached hydrogen (secondary N) is 1. The van der Waals surface area contributed by atoms with Crippen molar-refractivity contribution in [1.29, 1.82) is 5.26 Å². The van der Waals surface area contributed by atoms with Crippen LogP contribution < -0.4 is 5.32 Å². The van der Waals surface area contributed by atoms with Gasteiger partial charge in [-0.2, -0.15) is 5.26 Å². The first-order valence-electron chi connectivity index (χ1n) is 7.71. The van der Waals surface area contributed by atoms with Crippen LogP contribution in [0.1, 0.15) is 20.3 Å². The molecule has 0 bridgehead atoms. The fraction of sp³-hybridized carbons (Fsp3) is 0.438. The summed E-state index contributed by atoms with van der Waals surface area (Å²) in [7, 11) is -3.93. The molecule has 1 fully saturated rings. The molecule has 1 aliphatic heterocycles. The predicted molar refractivity (Wildman–Crippen MR) is 93.4 cm³/mol. The number of nitrogens with zero attached hydrogens (tertiary/aromatic N) is 2. The van der Waals surface area contributed by atoms with Gasteiger partial charge in [-0.15, -0.1) is 0 Å². The first-order chi connectivity index (χ1) is 12.0. The highest BCUT2D eigenvalue weighted by Crippen LogP contribution is 2.31. The Kier molecular flexibility index (Phi) is 5.49. The van der Waals surface area contributed by atoms with Gasteiger partial charge in [-0.1, -0.05) is 23.7 Å². The lowest BCUT2D eigenvalue weighted by molar-refractivity contribution is -0.126. The Labute approximate surface area is 156 Å². The highest BCUT2D eigenvalue weighted by Gasteiger charge is 2.46. The molecular weight excluding hydrogens is 382 g/mol. The average molecular weight is 400 g/mol. The number of carbonyl (C=O) groups is 2. The maximum atomic E-state index is 12.8. The third-order valence-corrected chi connectivity index (χ3v) is 6.74. The number of likely N-dealkylation sites (tertiary alicyclic amines) is 1. The fourth-order valence-corrected chi connectivity index (χ4v) is 4.97. The quantitative estimate of drug-likeness (QED) is 0.792. The molecule has 0 radical (unpaired) electrons. The second-order valence-corrected chi connectivity index (χ2v) is 9.11. The molecule has 0 aliphatic carbocycles. The number of carbonyl (C=O) groups excluding carboxylic acids is 1. The molecule has 0 unspecified atom stereocenters. The van der Waals surface area contributed by atoms with Crippen molar-refractivity contribution in [1.82, 2.24) is 10.2 Å². The molecular formula is C16H18ClN3O5S. The Morgan fingerprint density at radius 3 is 2.54 bits per heavy atom.